The Hall–Kier alpha value is -3.86. The van der Waals surface area contributed by atoms with Crippen LogP contribution in [0, 0.1) is 17.1 Å². The van der Waals surface area contributed by atoms with E-state index < -0.39 is 24.3 Å². The molecule has 0 N–H and O–H groups in total. The van der Waals surface area contributed by atoms with Gasteiger partial charge in [0.2, 0.25) is 0 Å². The molecule has 30 heavy (non-hydrogen) atoms. The zero-order chi connectivity index (χ0) is 21.3. The Morgan fingerprint density at radius 3 is 2.70 bits per heavy atom. The van der Waals surface area contributed by atoms with E-state index >= 15 is 0 Å². The molecular weight excluding hydrogens is 391 g/mol. The van der Waals surface area contributed by atoms with E-state index in [-0.39, 0.29) is 18.5 Å². The zero-order valence-corrected chi connectivity index (χ0v) is 16.0. The molecule has 8 heteroatoms. The summed E-state index contributed by atoms with van der Waals surface area (Å²) in [5, 5.41) is 8.90. The van der Waals surface area contributed by atoms with Crippen molar-refractivity contribution in [1.29, 1.82) is 5.26 Å². The highest BCUT2D eigenvalue weighted by Crippen LogP contribution is 2.34. The lowest BCUT2D eigenvalue weighted by molar-refractivity contribution is -0.142. The lowest BCUT2D eigenvalue weighted by Crippen LogP contribution is -2.35. The van der Waals surface area contributed by atoms with Crippen LogP contribution in [0.15, 0.2) is 48.5 Å². The number of fused-ring (bicyclic) bond motifs is 1. The van der Waals surface area contributed by atoms with E-state index in [0.29, 0.717) is 30.4 Å². The third-order valence-electron chi connectivity index (χ3n) is 4.23. The number of nitrogens with zero attached hydrogens (tertiary/aromatic N) is 2. The van der Waals surface area contributed by atoms with Crippen LogP contribution in [0.1, 0.15) is 12.0 Å². The maximum Gasteiger partial charge on any atom is 0.331 e. The average Bonchev–Trinajstić information content (AvgIpc) is 2.77. The van der Waals surface area contributed by atoms with E-state index in [0.717, 1.165) is 6.08 Å². The first-order chi connectivity index (χ1) is 14.6. The lowest BCUT2D eigenvalue weighted by Gasteiger charge is -2.24. The summed E-state index contributed by atoms with van der Waals surface area (Å²) >= 11 is 0. The van der Waals surface area contributed by atoms with Gasteiger partial charge in [0.1, 0.15) is 19.0 Å². The van der Waals surface area contributed by atoms with Crippen molar-refractivity contribution < 1.29 is 28.2 Å². The van der Waals surface area contributed by atoms with E-state index in [1.807, 2.05) is 6.07 Å². The van der Waals surface area contributed by atoms with Crippen molar-refractivity contribution in [2.45, 2.75) is 6.42 Å². The molecule has 0 spiro atoms. The Kier molecular flexibility index (Phi) is 7.00. The van der Waals surface area contributed by atoms with Gasteiger partial charge in [-0.2, -0.15) is 5.26 Å². The normalized spacial score (nSPS) is 12.3. The van der Waals surface area contributed by atoms with Gasteiger partial charge in [0.15, 0.2) is 18.1 Å². The van der Waals surface area contributed by atoms with Gasteiger partial charge in [0, 0.05) is 29.9 Å². The Morgan fingerprint density at radius 2 is 1.93 bits per heavy atom. The molecule has 0 saturated heterocycles. The van der Waals surface area contributed by atoms with Crippen LogP contribution in [0.5, 0.6) is 11.5 Å². The Bertz CT molecular complexity index is 999. The van der Waals surface area contributed by atoms with Gasteiger partial charge < -0.3 is 19.1 Å². The summed E-state index contributed by atoms with van der Waals surface area (Å²) in [6, 6.07) is 12.9. The molecule has 2 aromatic rings. The van der Waals surface area contributed by atoms with Gasteiger partial charge in [0.25, 0.3) is 5.91 Å². The number of nitriles is 1. The Labute approximate surface area is 172 Å². The molecule has 0 aromatic heterocycles. The van der Waals surface area contributed by atoms with Crippen molar-refractivity contribution in [3.8, 4) is 17.6 Å². The summed E-state index contributed by atoms with van der Waals surface area (Å²) in [5.74, 6) is -0.691. The second-order valence-corrected chi connectivity index (χ2v) is 6.24. The molecule has 1 aliphatic heterocycles. The van der Waals surface area contributed by atoms with Gasteiger partial charge in [-0.25, -0.2) is 9.18 Å². The molecule has 2 aromatic carbocycles. The van der Waals surface area contributed by atoms with Crippen molar-refractivity contribution in [3.05, 3.63) is 59.9 Å². The molecule has 0 bridgehead atoms. The summed E-state index contributed by atoms with van der Waals surface area (Å²) in [6.07, 6.45) is 2.42. The van der Waals surface area contributed by atoms with Crippen LogP contribution in [0.4, 0.5) is 10.1 Å². The number of ether oxygens (including phenoxy) is 3. The van der Waals surface area contributed by atoms with Gasteiger partial charge in [0.05, 0.1) is 12.5 Å². The number of anilines is 1. The standard InChI is InChI=1S/C22H19FN2O5/c23-18-5-2-1-4-16(18)6-9-22(27)30-15-21(26)25(11-3-10-24)17-7-8-19-20(14-17)29-13-12-28-19/h1-2,4-9,14H,3,11-13,15H2. The number of carbonyl (C=O) groups excluding carboxylic acids is 2. The molecule has 0 atom stereocenters. The lowest BCUT2D eigenvalue weighted by atomic mass is 10.2. The molecule has 1 amide bonds. The van der Waals surface area contributed by atoms with Crippen molar-refractivity contribution in [1.82, 2.24) is 0 Å². The molecule has 1 heterocycles. The van der Waals surface area contributed by atoms with Gasteiger partial charge in [-0.15, -0.1) is 0 Å². The third-order valence-corrected chi connectivity index (χ3v) is 4.23. The topological polar surface area (TPSA) is 88.9 Å². The van der Waals surface area contributed by atoms with Gasteiger partial charge >= 0.3 is 5.97 Å². The number of esters is 1. The number of hydrogen-bond donors (Lipinski definition) is 0. The molecule has 0 unspecified atom stereocenters. The smallest absolute Gasteiger partial charge is 0.331 e. The molecule has 1 aliphatic rings. The maximum atomic E-state index is 13.6. The van der Waals surface area contributed by atoms with Crippen LogP contribution in [-0.2, 0) is 14.3 Å². The van der Waals surface area contributed by atoms with E-state index in [2.05, 4.69) is 0 Å². The van der Waals surface area contributed by atoms with Crippen molar-refractivity contribution in [2.75, 3.05) is 31.3 Å². The van der Waals surface area contributed by atoms with E-state index in [9.17, 15) is 14.0 Å². The first-order valence-electron chi connectivity index (χ1n) is 9.25. The minimum absolute atomic E-state index is 0.0985. The molecule has 3 rings (SSSR count). The van der Waals surface area contributed by atoms with Gasteiger partial charge in [-0.05, 0) is 24.3 Å². The fourth-order valence-electron chi connectivity index (χ4n) is 2.79. The summed E-state index contributed by atoms with van der Waals surface area (Å²) in [7, 11) is 0. The highest BCUT2D eigenvalue weighted by Gasteiger charge is 2.20. The van der Waals surface area contributed by atoms with Crippen LogP contribution in [0.2, 0.25) is 0 Å². The van der Waals surface area contributed by atoms with Crippen LogP contribution in [0.3, 0.4) is 0 Å². The number of carbonyl (C=O) groups is 2. The molecule has 0 saturated carbocycles. The first-order valence-corrected chi connectivity index (χ1v) is 9.25. The fourth-order valence-corrected chi connectivity index (χ4v) is 2.79. The molecule has 0 radical (unpaired) electrons. The predicted molar refractivity (Wildman–Crippen MR) is 106 cm³/mol. The van der Waals surface area contributed by atoms with Crippen LogP contribution in [0.25, 0.3) is 6.08 Å². The highest BCUT2D eigenvalue weighted by atomic mass is 19.1. The van der Waals surface area contributed by atoms with Crippen molar-refractivity contribution in [2.24, 2.45) is 0 Å². The predicted octanol–water partition coefficient (Wildman–Crippen LogP) is 3.10. The molecule has 0 fully saturated rings. The second-order valence-electron chi connectivity index (χ2n) is 6.24. The first kappa shape index (κ1) is 20.9. The average molecular weight is 410 g/mol. The van der Waals surface area contributed by atoms with Crippen LogP contribution >= 0.6 is 0 Å². The molecule has 7 nitrogen and oxygen atoms in total. The number of halogens is 1. The third kappa shape index (κ3) is 5.35. The number of rotatable bonds is 7. The molecule has 0 aliphatic carbocycles. The van der Waals surface area contributed by atoms with E-state index in [1.165, 1.54) is 29.2 Å². The highest BCUT2D eigenvalue weighted by molar-refractivity contribution is 5.96. The molecule has 154 valence electrons. The quantitative estimate of drug-likeness (QED) is 0.515. The minimum atomic E-state index is -0.783. The van der Waals surface area contributed by atoms with E-state index in [4.69, 9.17) is 19.5 Å². The Balaban J connectivity index is 1.65. The van der Waals surface area contributed by atoms with Crippen molar-refractivity contribution >= 4 is 23.6 Å². The Morgan fingerprint density at radius 1 is 1.17 bits per heavy atom. The van der Waals surface area contributed by atoms with Gasteiger partial charge in [-0.1, -0.05) is 18.2 Å². The summed E-state index contributed by atoms with van der Waals surface area (Å²) in [4.78, 5) is 25.9. The number of amides is 1. The summed E-state index contributed by atoms with van der Waals surface area (Å²) in [5.41, 5.74) is 0.727. The molecular formula is C22H19FN2O5. The fraction of sp³-hybridized carbons (Fsp3) is 0.227. The van der Waals surface area contributed by atoms with Crippen molar-refractivity contribution in [3.63, 3.8) is 0 Å². The maximum absolute atomic E-state index is 13.6. The summed E-state index contributed by atoms with van der Waals surface area (Å²) in [6.45, 7) is 0.437. The largest absolute Gasteiger partial charge is 0.486 e. The second kappa shape index (κ2) is 10.1. The SMILES string of the molecule is N#CCCN(C(=O)COC(=O)C=Cc1ccccc1F)c1ccc2c(c1)OCCO2. The monoisotopic (exact) mass is 410 g/mol. The van der Waals surface area contributed by atoms with Gasteiger partial charge in [-0.3, -0.25) is 4.79 Å². The minimum Gasteiger partial charge on any atom is -0.486 e. The number of hydrogen-bond acceptors (Lipinski definition) is 6. The van der Waals surface area contributed by atoms with Crippen LogP contribution < -0.4 is 14.4 Å². The number of benzene rings is 2. The van der Waals surface area contributed by atoms with E-state index in [1.54, 1.807) is 24.3 Å². The van der Waals surface area contributed by atoms with Crippen LogP contribution in [-0.4, -0.2) is 38.2 Å². The zero-order valence-electron chi connectivity index (χ0n) is 16.0. The summed E-state index contributed by atoms with van der Waals surface area (Å²) < 4.78 is 29.6.